The van der Waals surface area contributed by atoms with Gasteiger partial charge in [0.2, 0.25) is 0 Å². The van der Waals surface area contributed by atoms with Crippen molar-refractivity contribution in [3.8, 4) is 0 Å². The van der Waals surface area contributed by atoms with Crippen LogP contribution in [0, 0.1) is 6.92 Å². The van der Waals surface area contributed by atoms with Gasteiger partial charge < -0.3 is 4.90 Å². The fourth-order valence-electron chi connectivity index (χ4n) is 2.74. The molecule has 0 spiro atoms. The summed E-state index contributed by atoms with van der Waals surface area (Å²) in [7, 11) is 0. The van der Waals surface area contributed by atoms with Crippen LogP contribution in [-0.2, 0) is 6.42 Å². The van der Waals surface area contributed by atoms with Gasteiger partial charge in [-0.3, -0.25) is 4.90 Å². The second-order valence-corrected chi connectivity index (χ2v) is 7.29. The number of halogens is 5. The minimum atomic E-state index is 0. The van der Waals surface area contributed by atoms with Crippen molar-refractivity contribution in [2.45, 2.75) is 13.3 Å². The van der Waals surface area contributed by atoms with E-state index in [0.29, 0.717) is 10.0 Å². The number of anilines is 1. The summed E-state index contributed by atoms with van der Waals surface area (Å²) in [5.74, 6) is 0. The van der Waals surface area contributed by atoms with E-state index >= 15 is 0 Å². The van der Waals surface area contributed by atoms with Crippen molar-refractivity contribution in [3.63, 3.8) is 0 Å². The van der Waals surface area contributed by atoms with E-state index in [4.69, 9.17) is 23.2 Å². The molecule has 142 valence electrons. The van der Waals surface area contributed by atoms with Gasteiger partial charge in [-0.25, -0.2) is 4.98 Å². The third-order valence-corrected chi connectivity index (χ3v) is 5.87. The Morgan fingerprint density at radius 2 is 1.72 bits per heavy atom. The maximum Gasteiger partial charge on any atom is 0.0797 e. The number of piperazine rings is 1. The lowest BCUT2D eigenvalue weighted by atomic mass is 10.2. The number of aromatic nitrogens is 1. The Kier molecular flexibility index (Phi) is 11.7. The molecule has 25 heavy (non-hydrogen) atoms. The van der Waals surface area contributed by atoms with E-state index in [9.17, 15) is 0 Å². The monoisotopic (exact) mass is 463 g/mol. The van der Waals surface area contributed by atoms with Crippen molar-refractivity contribution < 1.29 is 0 Å². The first kappa shape index (κ1) is 25.1. The van der Waals surface area contributed by atoms with Crippen LogP contribution in [0.15, 0.2) is 23.7 Å². The van der Waals surface area contributed by atoms with Crippen LogP contribution in [0.2, 0.25) is 10.0 Å². The van der Waals surface area contributed by atoms with Gasteiger partial charge in [0.1, 0.15) is 0 Å². The second kappa shape index (κ2) is 11.7. The van der Waals surface area contributed by atoms with E-state index in [1.165, 1.54) is 10.6 Å². The summed E-state index contributed by atoms with van der Waals surface area (Å²) in [5.41, 5.74) is 4.28. The molecule has 1 aromatic heterocycles. The van der Waals surface area contributed by atoms with Crippen LogP contribution in [0.3, 0.4) is 0 Å². The first-order valence-electron chi connectivity index (χ1n) is 7.45. The Morgan fingerprint density at radius 1 is 1.04 bits per heavy atom. The number of thiazole rings is 1. The van der Waals surface area contributed by atoms with Crippen LogP contribution in [0.1, 0.15) is 10.6 Å². The van der Waals surface area contributed by atoms with Crippen LogP contribution in [0.25, 0.3) is 0 Å². The minimum Gasteiger partial charge on any atom is -0.369 e. The quantitative estimate of drug-likeness (QED) is 0.604. The van der Waals surface area contributed by atoms with Crippen LogP contribution >= 0.6 is 71.8 Å². The van der Waals surface area contributed by atoms with Crippen molar-refractivity contribution in [1.82, 2.24) is 9.88 Å². The molecule has 0 unspecified atom stereocenters. The molecule has 3 nitrogen and oxygen atoms in total. The van der Waals surface area contributed by atoms with Crippen molar-refractivity contribution >= 4 is 77.4 Å². The molecule has 0 N–H and O–H groups in total. The first-order chi connectivity index (χ1) is 10.6. The molecule has 2 aromatic rings. The van der Waals surface area contributed by atoms with E-state index in [-0.39, 0.29) is 37.2 Å². The average Bonchev–Trinajstić information content (AvgIpc) is 2.94. The van der Waals surface area contributed by atoms with E-state index in [1.54, 1.807) is 11.3 Å². The lowest BCUT2D eigenvalue weighted by Gasteiger charge is -2.36. The van der Waals surface area contributed by atoms with Crippen molar-refractivity contribution in [2.75, 3.05) is 37.6 Å². The van der Waals surface area contributed by atoms with Crippen LogP contribution in [0.5, 0.6) is 0 Å². The van der Waals surface area contributed by atoms with Gasteiger partial charge in [0, 0.05) is 43.3 Å². The number of hydrogen-bond acceptors (Lipinski definition) is 4. The van der Waals surface area contributed by atoms with E-state index in [1.807, 2.05) is 23.7 Å². The molecule has 0 bridgehead atoms. The molecule has 1 aromatic carbocycles. The smallest absolute Gasteiger partial charge is 0.0797 e. The van der Waals surface area contributed by atoms with Gasteiger partial charge in [-0.1, -0.05) is 23.2 Å². The predicted molar refractivity (Wildman–Crippen MR) is 117 cm³/mol. The Labute approximate surface area is 181 Å². The summed E-state index contributed by atoms with van der Waals surface area (Å²) in [6.07, 6.45) is 1.10. The zero-order valence-electron chi connectivity index (χ0n) is 13.8. The number of aryl methyl sites for hydroxylation is 1. The number of nitrogens with zero attached hydrogens (tertiary/aromatic N) is 3. The van der Waals surface area contributed by atoms with Gasteiger partial charge in [0.05, 0.1) is 21.2 Å². The van der Waals surface area contributed by atoms with E-state index in [2.05, 4.69) is 21.7 Å². The highest BCUT2D eigenvalue weighted by molar-refractivity contribution is 7.09. The van der Waals surface area contributed by atoms with E-state index < -0.39 is 0 Å². The molecule has 1 saturated heterocycles. The molecule has 0 radical (unpaired) electrons. The lowest BCUT2D eigenvalue weighted by molar-refractivity contribution is 0.261. The van der Waals surface area contributed by atoms with Gasteiger partial charge in [-0.15, -0.1) is 48.6 Å². The third kappa shape index (κ3) is 6.62. The fourth-order valence-corrected chi connectivity index (χ4v) is 3.80. The Balaban J connectivity index is 0.00000192. The zero-order valence-corrected chi connectivity index (χ0v) is 18.6. The standard InChI is InChI=1S/C16H19Cl2N3S.3ClH/c1-12-16(22-11-19-12)4-5-20-6-8-21(9-7-20)13-2-3-14(17)15(18)10-13;;;/h2-3,10-11H,4-9H2,1H3;3*1H. The third-order valence-electron chi connectivity index (χ3n) is 4.14. The number of hydrogen-bond donors (Lipinski definition) is 0. The summed E-state index contributed by atoms with van der Waals surface area (Å²) < 4.78 is 0. The van der Waals surface area contributed by atoms with Crippen molar-refractivity contribution in [2.24, 2.45) is 0 Å². The largest absolute Gasteiger partial charge is 0.369 e. The van der Waals surface area contributed by atoms with Gasteiger partial charge in [0.25, 0.3) is 0 Å². The van der Waals surface area contributed by atoms with Gasteiger partial charge >= 0.3 is 0 Å². The molecule has 9 heteroatoms. The molecule has 3 rings (SSSR count). The van der Waals surface area contributed by atoms with Gasteiger partial charge in [-0.05, 0) is 31.5 Å². The average molecular weight is 466 g/mol. The minimum absolute atomic E-state index is 0. The molecule has 0 aliphatic carbocycles. The Bertz CT molecular complexity index is 644. The van der Waals surface area contributed by atoms with Gasteiger partial charge in [-0.2, -0.15) is 0 Å². The zero-order chi connectivity index (χ0) is 15.5. The molecule has 2 heterocycles. The van der Waals surface area contributed by atoms with E-state index in [0.717, 1.165) is 44.8 Å². The summed E-state index contributed by atoms with van der Waals surface area (Å²) >= 11 is 13.9. The topological polar surface area (TPSA) is 19.4 Å². The lowest BCUT2D eigenvalue weighted by Crippen LogP contribution is -2.47. The molecular weight excluding hydrogens is 444 g/mol. The Hall–Kier alpha value is 0.0600. The summed E-state index contributed by atoms with van der Waals surface area (Å²) in [4.78, 5) is 10.6. The maximum atomic E-state index is 6.11. The van der Waals surface area contributed by atoms with Crippen LogP contribution in [0.4, 0.5) is 5.69 Å². The number of rotatable bonds is 4. The molecule has 1 fully saturated rings. The van der Waals surface area contributed by atoms with Crippen molar-refractivity contribution in [1.29, 1.82) is 0 Å². The van der Waals surface area contributed by atoms with Crippen LogP contribution < -0.4 is 4.90 Å². The number of benzene rings is 1. The van der Waals surface area contributed by atoms with Crippen LogP contribution in [-0.4, -0.2) is 42.6 Å². The van der Waals surface area contributed by atoms with Crippen molar-refractivity contribution in [3.05, 3.63) is 44.3 Å². The highest BCUT2D eigenvalue weighted by Crippen LogP contribution is 2.27. The molecule has 0 amide bonds. The molecule has 0 saturated carbocycles. The predicted octanol–water partition coefficient (Wildman–Crippen LogP) is 5.39. The summed E-state index contributed by atoms with van der Waals surface area (Å²) in [6.45, 7) is 7.42. The first-order valence-corrected chi connectivity index (χ1v) is 9.08. The summed E-state index contributed by atoms with van der Waals surface area (Å²) in [5, 5.41) is 1.24. The molecule has 1 aliphatic heterocycles. The summed E-state index contributed by atoms with van der Waals surface area (Å²) in [6, 6.07) is 5.88. The fraction of sp³-hybridized carbons (Fsp3) is 0.438. The maximum absolute atomic E-state index is 6.11. The second-order valence-electron chi connectivity index (χ2n) is 5.54. The van der Waals surface area contributed by atoms with Gasteiger partial charge in [0.15, 0.2) is 0 Å². The molecule has 0 atom stereocenters. The highest BCUT2D eigenvalue weighted by Gasteiger charge is 2.18. The normalized spacial score (nSPS) is 14.3. The molecule has 1 aliphatic rings. The molecular formula is C16H22Cl5N3S. The highest BCUT2D eigenvalue weighted by atomic mass is 35.5. The SMILES string of the molecule is Cc1ncsc1CCN1CCN(c2ccc(Cl)c(Cl)c2)CC1.Cl.Cl.Cl. The Morgan fingerprint density at radius 3 is 2.28 bits per heavy atom.